The molecule has 1 aromatic carbocycles. The monoisotopic (exact) mass is 363 g/mol. The maximum atomic E-state index is 12.3. The SMILES string of the molecule is COc1ccc(CCNC(=O)c2cc(Cl)nc(N(C)C)c2)cc1OC. The number of hydrogen-bond acceptors (Lipinski definition) is 5. The number of halogens is 1. The molecule has 134 valence electrons. The van der Waals surface area contributed by atoms with Crippen molar-refractivity contribution in [3.05, 3.63) is 46.6 Å². The van der Waals surface area contributed by atoms with E-state index in [1.165, 1.54) is 0 Å². The van der Waals surface area contributed by atoms with Crippen LogP contribution in [-0.2, 0) is 6.42 Å². The van der Waals surface area contributed by atoms with Gasteiger partial charge >= 0.3 is 0 Å². The minimum Gasteiger partial charge on any atom is -0.493 e. The van der Waals surface area contributed by atoms with Crippen molar-refractivity contribution in [1.29, 1.82) is 0 Å². The second-order valence-electron chi connectivity index (χ2n) is 5.63. The summed E-state index contributed by atoms with van der Waals surface area (Å²) in [6, 6.07) is 8.96. The Kier molecular flexibility index (Phi) is 6.47. The van der Waals surface area contributed by atoms with Crippen LogP contribution in [0.15, 0.2) is 30.3 Å². The predicted molar refractivity (Wildman–Crippen MR) is 99.2 cm³/mol. The van der Waals surface area contributed by atoms with Crippen molar-refractivity contribution < 1.29 is 14.3 Å². The number of nitrogens with zero attached hydrogens (tertiary/aromatic N) is 2. The van der Waals surface area contributed by atoms with E-state index in [9.17, 15) is 4.79 Å². The first-order valence-electron chi connectivity index (χ1n) is 7.78. The van der Waals surface area contributed by atoms with E-state index in [0.29, 0.717) is 35.8 Å². The molecule has 0 saturated carbocycles. The van der Waals surface area contributed by atoms with Crippen molar-refractivity contribution in [2.75, 3.05) is 39.8 Å². The lowest BCUT2D eigenvalue weighted by Gasteiger charge is -2.13. The van der Waals surface area contributed by atoms with Gasteiger partial charge in [0.25, 0.3) is 5.91 Å². The van der Waals surface area contributed by atoms with Crippen molar-refractivity contribution in [3.63, 3.8) is 0 Å². The van der Waals surface area contributed by atoms with Crippen molar-refractivity contribution in [2.24, 2.45) is 0 Å². The summed E-state index contributed by atoms with van der Waals surface area (Å²) in [4.78, 5) is 18.3. The van der Waals surface area contributed by atoms with Gasteiger partial charge in [-0.15, -0.1) is 0 Å². The molecule has 0 unspecified atom stereocenters. The summed E-state index contributed by atoms with van der Waals surface area (Å²) in [7, 11) is 6.88. The quantitative estimate of drug-likeness (QED) is 0.766. The van der Waals surface area contributed by atoms with Crippen LogP contribution in [0, 0.1) is 0 Å². The summed E-state index contributed by atoms with van der Waals surface area (Å²) in [6.07, 6.45) is 0.672. The number of amides is 1. The second-order valence-corrected chi connectivity index (χ2v) is 6.01. The molecule has 0 aliphatic carbocycles. The van der Waals surface area contributed by atoms with Gasteiger partial charge in [0.1, 0.15) is 11.0 Å². The highest BCUT2D eigenvalue weighted by Crippen LogP contribution is 2.27. The molecule has 7 heteroatoms. The zero-order chi connectivity index (χ0) is 18.4. The van der Waals surface area contributed by atoms with E-state index in [2.05, 4.69) is 10.3 Å². The Hall–Kier alpha value is -2.47. The Morgan fingerprint density at radius 1 is 1.16 bits per heavy atom. The van der Waals surface area contributed by atoms with E-state index in [4.69, 9.17) is 21.1 Å². The number of carbonyl (C=O) groups excluding carboxylic acids is 1. The number of methoxy groups -OCH3 is 2. The van der Waals surface area contributed by atoms with Gasteiger partial charge in [-0.05, 0) is 36.2 Å². The Morgan fingerprint density at radius 2 is 1.88 bits per heavy atom. The standard InChI is InChI=1S/C18H22ClN3O3/c1-22(2)17-11-13(10-16(19)21-17)18(23)20-8-7-12-5-6-14(24-3)15(9-12)25-4/h5-6,9-11H,7-8H2,1-4H3,(H,20,23). The second kappa shape index (κ2) is 8.58. The fraction of sp³-hybridized carbons (Fsp3) is 0.333. The molecule has 0 aliphatic heterocycles. The van der Waals surface area contributed by atoms with Gasteiger partial charge in [0.2, 0.25) is 0 Å². The molecule has 0 aliphatic rings. The van der Waals surface area contributed by atoms with E-state index >= 15 is 0 Å². The molecule has 0 fully saturated rings. The minimum absolute atomic E-state index is 0.187. The Morgan fingerprint density at radius 3 is 2.52 bits per heavy atom. The van der Waals surface area contributed by atoms with E-state index in [1.54, 1.807) is 31.3 Å². The molecule has 6 nitrogen and oxygen atoms in total. The van der Waals surface area contributed by atoms with Crippen molar-refractivity contribution in [2.45, 2.75) is 6.42 Å². The molecular formula is C18H22ClN3O3. The van der Waals surface area contributed by atoms with Crippen LogP contribution >= 0.6 is 11.6 Å². The molecule has 0 spiro atoms. The van der Waals surface area contributed by atoms with E-state index in [0.717, 1.165) is 5.56 Å². The third kappa shape index (κ3) is 5.00. The first-order chi connectivity index (χ1) is 11.9. The normalized spacial score (nSPS) is 10.3. The highest BCUT2D eigenvalue weighted by atomic mass is 35.5. The van der Waals surface area contributed by atoms with Crippen LogP contribution in [-0.4, -0.2) is 45.8 Å². The number of pyridine rings is 1. The molecule has 0 bridgehead atoms. The van der Waals surface area contributed by atoms with Gasteiger partial charge < -0.3 is 19.7 Å². The maximum absolute atomic E-state index is 12.3. The molecule has 0 radical (unpaired) electrons. The van der Waals surface area contributed by atoms with Gasteiger partial charge in [-0.2, -0.15) is 0 Å². The zero-order valence-electron chi connectivity index (χ0n) is 14.8. The number of hydrogen-bond donors (Lipinski definition) is 1. The molecule has 1 aromatic heterocycles. The van der Waals surface area contributed by atoms with Crippen LogP contribution in [0.25, 0.3) is 0 Å². The van der Waals surface area contributed by atoms with Gasteiger partial charge in [-0.1, -0.05) is 17.7 Å². The lowest BCUT2D eigenvalue weighted by molar-refractivity contribution is 0.0954. The summed E-state index contributed by atoms with van der Waals surface area (Å²) >= 11 is 5.99. The van der Waals surface area contributed by atoms with Gasteiger partial charge in [0.05, 0.1) is 14.2 Å². The third-order valence-corrected chi connectivity index (χ3v) is 3.84. The van der Waals surface area contributed by atoms with Gasteiger partial charge in [0, 0.05) is 26.2 Å². The van der Waals surface area contributed by atoms with Gasteiger partial charge in [-0.3, -0.25) is 4.79 Å². The van der Waals surface area contributed by atoms with Crippen LogP contribution < -0.4 is 19.7 Å². The molecule has 2 aromatic rings. The van der Waals surface area contributed by atoms with Crippen molar-refractivity contribution in [3.8, 4) is 11.5 Å². The van der Waals surface area contributed by atoms with Crippen LogP contribution in [0.5, 0.6) is 11.5 Å². The van der Waals surface area contributed by atoms with Crippen molar-refractivity contribution >= 4 is 23.3 Å². The Labute approximate surface area is 152 Å². The van der Waals surface area contributed by atoms with E-state index in [-0.39, 0.29) is 11.1 Å². The van der Waals surface area contributed by atoms with Gasteiger partial charge in [0.15, 0.2) is 11.5 Å². The first kappa shape index (κ1) is 18.9. The largest absolute Gasteiger partial charge is 0.493 e. The average molecular weight is 364 g/mol. The average Bonchev–Trinajstić information content (AvgIpc) is 2.60. The molecule has 1 N–H and O–H groups in total. The van der Waals surface area contributed by atoms with Crippen LogP contribution in [0.4, 0.5) is 5.82 Å². The Balaban J connectivity index is 1.99. The summed E-state index contributed by atoms with van der Waals surface area (Å²) in [5.74, 6) is 1.80. The highest BCUT2D eigenvalue weighted by molar-refractivity contribution is 6.29. The Bertz CT molecular complexity index is 750. The maximum Gasteiger partial charge on any atom is 0.251 e. The van der Waals surface area contributed by atoms with Crippen LogP contribution in [0.3, 0.4) is 0 Å². The number of aromatic nitrogens is 1. The van der Waals surface area contributed by atoms with E-state index < -0.39 is 0 Å². The van der Waals surface area contributed by atoms with Gasteiger partial charge in [-0.25, -0.2) is 4.98 Å². The lowest BCUT2D eigenvalue weighted by atomic mass is 10.1. The molecule has 0 atom stereocenters. The molecule has 1 amide bonds. The first-order valence-corrected chi connectivity index (χ1v) is 8.16. The smallest absolute Gasteiger partial charge is 0.251 e. The topological polar surface area (TPSA) is 63.7 Å². The number of ether oxygens (including phenoxy) is 2. The summed E-state index contributed by atoms with van der Waals surface area (Å²) in [6.45, 7) is 0.492. The molecular weight excluding hydrogens is 342 g/mol. The number of nitrogens with one attached hydrogen (secondary N) is 1. The fourth-order valence-corrected chi connectivity index (χ4v) is 2.51. The molecule has 25 heavy (non-hydrogen) atoms. The number of anilines is 1. The predicted octanol–water partition coefficient (Wildman–Crippen LogP) is 2.79. The van der Waals surface area contributed by atoms with Crippen molar-refractivity contribution in [1.82, 2.24) is 10.3 Å². The highest BCUT2D eigenvalue weighted by Gasteiger charge is 2.10. The summed E-state index contributed by atoms with van der Waals surface area (Å²) in [5.41, 5.74) is 1.52. The minimum atomic E-state index is -0.187. The molecule has 2 rings (SSSR count). The number of benzene rings is 1. The van der Waals surface area contributed by atoms with E-state index in [1.807, 2.05) is 32.3 Å². The fourth-order valence-electron chi connectivity index (χ4n) is 2.30. The lowest BCUT2D eigenvalue weighted by Crippen LogP contribution is -2.26. The van der Waals surface area contributed by atoms with Crippen LogP contribution in [0.2, 0.25) is 5.15 Å². The molecule has 1 heterocycles. The summed E-state index contributed by atoms with van der Waals surface area (Å²) < 4.78 is 10.5. The summed E-state index contributed by atoms with van der Waals surface area (Å²) in [5, 5.41) is 3.18. The third-order valence-electron chi connectivity index (χ3n) is 3.65. The van der Waals surface area contributed by atoms with Crippen LogP contribution in [0.1, 0.15) is 15.9 Å². The molecule has 0 saturated heterocycles. The number of rotatable bonds is 7. The zero-order valence-corrected chi connectivity index (χ0v) is 15.6. The number of carbonyl (C=O) groups is 1.